The van der Waals surface area contributed by atoms with Crippen LogP contribution in [-0.4, -0.2) is 0 Å². The van der Waals surface area contributed by atoms with Crippen molar-refractivity contribution < 1.29 is 20.8 Å². The summed E-state index contributed by atoms with van der Waals surface area (Å²) < 4.78 is 0. The minimum atomic E-state index is -0.826. The molecule has 196 valence electrons. The van der Waals surface area contributed by atoms with Crippen LogP contribution in [0, 0.1) is 13.8 Å². The molecule has 0 aromatic heterocycles. The molecule has 0 radical (unpaired) electrons. The monoisotopic (exact) mass is 626 g/mol. The van der Waals surface area contributed by atoms with Crippen molar-refractivity contribution in [2.45, 2.75) is 27.7 Å². The Bertz CT molecular complexity index is 1460. The van der Waals surface area contributed by atoms with Crippen LogP contribution >= 0.6 is 17.0 Å². The van der Waals surface area contributed by atoms with Gasteiger partial charge in [0.25, 0.3) is 0 Å². The number of hydrogen-bond acceptors (Lipinski definition) is 0. The van der Waals surface area contributed by atoms with Crippen molar-refractivity contribution in [3.8, 4) is 22.3 Å². The second-order valence-electron chi connectivity index (χ2n) is 9.15. The number of fused-ring (bicyclic) bond motifs is 2. The van der Waals surface area contributed by atoms with Crippen molar-refractivity contribution in [2.75, 3.05) is 0 Å². The molecule has 6 rings (SSSR count). The summed E-state index contributed by atoms with van der Waals surface area (Å²) in [6.07, 6.45) is 4.00. The van der Waals surface area contributed by atoms with Gasteiger partial charge in [0, 0.05) is 0 Å². The molecule has 0 amide bonds. The third-order valence-corrected chi connectivity index (χ3v) is 6.29. The second-order valence-corrected chi connectivity index (χ2v) is 12.9. The molecule has 0 spiro atoms. The minimum absolute atomic E-state index is 0.826. The summed E-state index contributed by atoms with van der Waals surface area (Å²) in [7, 11) is 9.87. The van der Waals surface area contributed by atoms with Crippen molar-refractivity contribution in [1.82, 2.24) is 0 Å². The quantitative estimate of drug-likeness (QED) is 0.132. The number of aryl methyl sites for hydroxylation is 2. The van der Waals surface area contributed by atoms with E-state index < -0.39 is 20.8 Å². The van der Waals surface area contributed by atoms with E-state index in [0.29, 0.717) is 0 Å². The molecule has 0 fully saturated rings. The maximum atomic E-state index is 4.93. The van der Waals surface area contributed by atoms with E-state index in [1.54, 1.807) is 0 Å². The predicted octanol–water partition coefficient (Wildman–Crippen LogP) is 12.0. The Morgan fingerprint density at radius 3 is 1.23 bits per heavy atom. The van der Waals surface area contributed by atoms with Gasteiger partial charge < -0.3 is 0 Å². The van der Waals surface area contributed by atoms with E-state index in [9.17, 15) is 0 Å². The van der Waals surface area contributed by atoms with Crippen LogP contribution in [0.25, 0.3) is 43.8 Å². The number of halogens is 2. The molecule has 0 nitrogen and oxygen atoms in total. The molecule has 0 aliphatic rings. The van der Waals surface area contributed by atoms with Gasteiger partial charge in [-0.25, -0.2) is 0 Å². The molecule has 3 heteroatoms. The molecule has 0 saturated heterocycles. The molecule has 0 aliphatic carbocycles. The van der Waals surface area contributed by atoms with E-state index >= 15 is 0 Å². The predicted molar refractivity (Wildman–Crippen MR) is 172 cm³/mol. The molecule has 6 aromatic carbocycles. The van der Waals surface area contributed by atoms with Crippen LogP contribution in [-0.2, 0) is 20.8 Å². The molecule has 0 atom stereocenters. The number of allylic oxidation sites excluding steroid dienone is 2. The van der Waals surface area contributed by atoms with Crippen molar-refractivity contribution in [1.29, 1.82) is 0 Å². The molecule has 0 saturated carbocycles. The third kappa shape index (κ3) is 8.91. The van der Waals surface area contributed by atoms with Crippen LogP contribution in [0.5, 0.6) is 0 Å². The molecule has 6 aromatic rings. The van der Waals surface area contributed by atoms with Gasteiger partial charge in [-0.15, -0.1) is 69.1 Å². The number of benzene rings is 4. The first-order valence-electron chi connectivity index (χ1n) is 13.0. The van der Waals surface area contributed by atoms with E-state index in [2.05, 4.69) is 135 Å². The molecular weight excluding hydrogens is 595 g/mol. The van der Waals surface area contributed by atoms with Crippen LogP contribution in [0.3, 0.4) is 0 Å². The summed E-state index contributed by atoms with van der Waals surface area (Å²) in [6.45, 7) is 8.30. The van der Waals surface area contributed by atoms with Crippen LogP contribution in [0.15, 0.2) is 133 Å². The van der Waals surface area contributed by atoms with E-state index in [-0.39, 0.29) is 0 Å². The Balaban J connectivity index is 0.000000175. The van der Waals surface area contributed by atoms with Gasteiger partial charge in [-0.2, -0.15) is 12.1 Å². The molecule has 0 bridgehead atoms. The van der Waals surface area contributed by atoms with Gasteiger partial charge in [0.15, 0.2) is 0 Å². The van der Waals surface area contributed by atoms with Crippen LogP contribution in [0.2, 0.25) is 0 Å². The second kappa shape index (κ2) is 16.4. The summed E-state index contributed by atoms with van der Waals surface area (Å²) in [5.41, 5.74) is 7.89. The van der Waals surface area contributed by atoms with E-state index in [1.165, 1.54) is 54.9 Å². The first kappa shape index (κ1) is 30.8. The summed E-state index contributed by atoms with van der Waals surface area (Å²) in [5, 5.41) is 5.37. The van der Waals surface area contributed by atoms with E-state index in [1.807, 2.05) is 26.0 Å². The summed E-state index contributed by atoms with van der Waals surface area (Å²) in [5.74, 6) is 0. The Morgan fingerprint density at radius 1 is 0.538 bits per heavy atom. The van der Waals surface area contributed by atoms with Gasteiger partial charge in [-0.3, -0.25) is 0 Å². The summed E-state index contributed by atoms with van der Waals surface area (Å²) in [6, 6.07) is 43.1. The zero-order chi connectivity index (χ0) is 28.0. The van der Waals surface area contributed by atoms with Gasteiger partial charge >= 0.3 is 37.9 Å². The molecular formula is C36H34Cl2Zr. The molecule has 0 N–H and O–H groups in total. The van der Waals surface area contributed by atoms with Gasteiger partial charge in [-0.05, 0) is 25.0 Å². The van der Waals surface area contributed by atoms with Crippen LogP contribution in [0.4, 0.5) is 0 Å². The van der Waals surface area contributed by atoms with Crippen LogP contribution in [0.1, 0.15) is 25.0 Å². The summed E-state index contributed by atoms with van der Waals surface area (Å²) in [4.78, 5) is 0. The fourth-order valence-corrected chi connectivity index (χ4v) is 4.51. The average Bonchev–Trinajstić information content (AvgIpc) is 3.55. The molecule has 0 unspecified atom stereocenters. The van der Waals surface area contributed by atoms with Gasteiger partial charge in [0.2, 0.25) is 0 Å². The van der Waals surface area contributed by atoms with Crippen molar-refractivity contribution in [3.05, 3.63) is 145 Å². The zero-order valence-electron chi connectivity index (χ0n) is 23.0. The van der Waals surface area contributed by atoms with Crippen molar-refractivity contribution in [2.24, 2.45) is 0 Å². The Hall–Kier alpha value is -2.70. The van der Waals surface area contributed by atoms with E-state index in [0.717, 1.165) is 0 Å². The van der Waals surface area contributed by atoms with Crippen molar-refractivity contribution in [3.63, 3.8) is 0 Å². The van der Waals surface area contributed by atoms with Gasteiger partial charge in [0.1, 0.15) is 0 Å². The molecule has 39 heavy (non-hydrogen) atoms. The fourth-order valence-electron chi connectivity index (χ4n) is 4.51. The third-order valence-electron chi connectivity index (χ3n) is 6.29. The Kier molecular flexibility index (Phi) is 13.0. The Morgan fingerprint density at radius 2 is 0.897 bits per heavy atom. The number of rotatable bonds is 2. The van der Waals surface area contributed by atoms with Crippen molar-refractivity contribution >= 4 is 38.6 Å². The summed E-state index contributed by atoms with van der Waals surface area (Å²) >= 11 is -0.826. The fraction of sp³-hybridized carbons (Fsp3) is 0.111. The first-order chi connectivity index (χ1) is 19.0. The SMILES string of the molecule is CC=CC.Cc1cc2c(-c3ccccc3)cccc2[cH-]1.Cc1cc2c(-c3ccccc3)cccc2[cH-]1.[Cl][Zr+2][Cl]. The zero-order valence-corrected chi connectivity index (χ0v) is 26.9. The standard InChI is InChI=1S/2C16H13.C4H8.2ClH.Zr/c2*1-12-10-14-8-5-9-15(16(14)11-12)13-6-3-2-4-7-13;1-3-4-2;;;/h2*2-11H,1H3;3-4H,1-2H3;2*1H;/q2*-1;;;;+4/p-2. The first-order valence-corrected chi connectivity index (χ1v) is 19.3. The number of hydrogen-bond donors (Lipinski definition) is 0. The van der Waals surface area contributed by atoms with Crippen LogP contribution < -0.4 is 0 Å². The van der Waals surface area contributed by atoms with E-state index in [4.69, 9.17) is 17.0 Å². The maximum absolute atomic E-state index is 4.93. The normalized spacial score (nSPS) is 10.1. The average molecular weight is 629 g/mol. The topological polar surface area (TPSA) is 0 Å². The molecule has 0 aliphatic heterocycles. The molecule has 0 heterocycles. The Labute approximate surface area is 252 Å². The van der Waals surface area contributed by atoms with Gasteiger partial charge in [-0.1, -0.05) is 110 Å². The van der Waals surface area contributed by atoms with Gasteiger partial charge in [0.05, 0.1) is 0 Å².